The minimum absolute atomic E-state index is 0.168. The zero-order valence-corrected chi connectivity index (χ0v) is 8.69. The Bertz CT molecular complexity index is 405. The summed E-state index contributed by atoms with van der Waals surface area (Å²) in [6, 6.07) is 0. The predicted molar refractivity (Wildman–Crippen MR) is 51.6 cm³/mol. The van der Waals surface area contributed by atoms with E-state index in [4.69, 9.17) is 11.6 Å². The van der Waals surface area contributed by atoms with Crippen LogP contribution in [0.2, 0.25) is 5.15 Å². The smallest absolute Gasteiger partial charge is 0.250 e. The number of halogens is 3. The summed E-state index contributed by atoms with van der Waals surface area (Å²) < 4.78 is 27.9. The van der Waals surface area contributed by atoms with Crippen molar-refractivity contribution in [1.29, 1.82) is 0 Å². The Morgan fingerprint density at radius 1 is 1.60 bits per heavy atom. The second kappa shape index (κ2) is 4.84. The average molecular weight is 255 g/mol. The summed E-state index contributed by atoms with van der Waals surface area (Å²) in [4.78, 5) is 13.5. The molecule has 2 N–H and O–H groups in total. The van der Waals surface area contributed by atoms with E-state index in [1.54, 1.807) is 0 Å². The van der Waals surface area contributed by atoms with Crippen LogP contribution in [0.5, 0.6) is 0 Å². The molecule has 8 heteroatoms. The lowest BCUT2D eigenvalue weighted by atomic mass is 10.1. The summed E-state index contributed by atoms with van der Waals surface area (Å²) in [5, 5.41) is 8.71. The van der Waals surface area contributed by atoms with Crippen molar-refractivity contribution >= 4 is 30.7 Å². The molecule has 1 rings (SSSR count). The van der Waals surface area contributed by atoms with Crippen LogP contribution < -0.4 is 4.72 Å². The van der Waals surface area contributed by atoms with Crippen molar-refractivity contribution in [3.05, 3.63) is 28.0 Å². The SMILES string of the molecule is O=Cc1c(Cl)nc(F)c(F)c1C(O)NS. The molecule has 0 aromatic carbocycles. The van der Waals surface area contributed by atoms with Crippen molar-refractivity contribution in [2.75, 3.05) is 0 Å². The number of hydrogen-bond donors (Lipinski definition) is 3. The van der Waals surface area contributed by atoms with Crippen molar-refractivity contribution < 1.29 is 18.7 Å². The van der Waals surface area contributed by atoms with Crippen LogP contribution >= 0.6 is 24.4 Å². The lowest BCUT2D eigenvalue weighted by Gasteiger charge is -2.13. The molecule has 4 nitrogen and oxygen atoms in total. The fourth-order valence-corrected chi connectivity index (χ4v) is 1.33. The second-order valence-electron chi connectivity index (χ2n) is 2.48. The van der Waals surface area contributed by atoms with Crippen LogP contribution in [0.1, 0.15) is 22.1 Å². The molecular weight excluding hydrogens is 250 g/mol. The second-order valence-corrected chi connectivity index (χ2v) is 3.10. The summed E-state index contributed by atoms with van der Waals surface area (Å²) in [6.07, 6.45) is -1.50. The minimum atomic E-state index is -1.66. The third-order valence-corrected chi connectivity index (χ3v) is 2.17. The van der Waals surface area contributed by atoms with Crippen molar-refractivity contribution in [3.63, 3.8) is 0 Å². The Morgan fingerprint density at radius 2 is 2.20 bits per heavy atom. The van der Waals surface area contributed by atoms with Gasteiger partial charge in [-0.15, -0.1) is 0 Å². The van der Waals surface area contributed by atoms with Gasteiger partial charge in [0.1, 0.15) is 11.4 Å². The van der Waals surface area contributed by atoms with Gasteiger partial charge in [-0.2, -0.15) is 4.39 Å². The standard InChI is InChI=1S/C7H5ClF2N2O2S/c8-5-2(1-13)3(7(14)12-15)4(9)6(10)11-5/h1,7,12,14-15H. The quantitative estimate of drug-likeness (QED) is 0.329. The average Bonchev–Trinajstić information content (AvgIpc) is 2.21. The van der Waals surface area contributed by atoms with E-state index < -0.39 is 34.3 Å². The predicted octanol–water partition coefficient (Wildman–Crippen LogP) is 1.25. The maximum atomic E-state index is 13.2. The number of pyridine rings is 1. The molecule has 1 aromatic rings. The van der Waals surface area contributed by atoms with Crippen molar-refractivity contribution in [2.45, 2.75) is 6.23 Å². The highest BCUT2D eigenvalue weighted by Crippen LogP contribution is 2.25. The molecule has 0 saturated carbocycles. The number of carbonyl (C=O) groups is 1. The summed E-state index contributed by atoms with van der Waals surface area (Å²) in [6.45, 7) is 0. The zero-order valence-electron chi connectivity index (χ0n) is 7.04. The van der Waals surface area contributed by atoms with E-state index in [0.29, 0.717) is 0 Å². The Kier molecular flexibility index (Phi) is 3.97. The van der Waals surface area contributed by atoms with Gasteiger partial charge in [0.2, 0.25) is 0 Å². The molecule has 0 radical (unpaired) electrons. The summed E-state index contributed by atoms with van der Waals surface area (Å²) in [5.74, 6) is -2.95. The molecule has 15 heavy (non-hydrogen) atoms. The highest BCUT2D eigenvalue weighted by atomic mass is 35.5. The van der Waals surface area contributed by atoms with Gasteiger partial charge in [-0.25, -0.2) is 14.1 Å². The Hall–Kier alpha value is -0.760. The topological polar surface area (TPSA) is 62.2 Å². The van der Waals surface area contributed by atoms with Gasteiger partial charge < -0.3 is 5.11 Å². The van der Waals surface area contributed by atoms with E-state index in [0.717, 1.165) is 0 Å². The molecule has 0 aliphatic heterocycles. The van der Waals surface area contributed by atoms with Crippen LogP contribution in [0.3, 0.4) is 0 Å². The minimum Gasteiger partial charge on any atom is -0.373 e. The number of carbonyl (C=O) groups excluding carboxylic acids is 1. The van der Waals surface area contributed by atoms with E-state index in [-0.39, 0.29) is 6.29 Å². The van der Waals surface area contributed by atoms with Crippen LogP contribution in [0.4, 0.5) is 8.78 Å². The number of aldehydes is 1. The van der Waals surface area contributed by atoms with Gasteiger partial charge in [0, 0.05) is 0 Å². The highest BCUT2D eigenvalue weighted by Gasteiger charge is 2.23. The lowest BCUT2D eigenvalue weighted by molar-refractivity contribution is 0.111. The van der Waals surface area contributed by atoms with Gasteiger partial charge in [0.05, 0.1) is 11.1 Å². The summed E-state index contributed by atoms with van der Waals surface area (Å²) in [7, 11) is 0. The number of nitrogens with zero attached hydrogens (tertiary/aromatic N) is 1. The van der Waals surface area contributed by atoms with E-state index in [1.807, 2.05) is 4.72 Å². The molecule has 0 saturated heterocycles. The van der Waals surface area contributed by atoms with Crippen LogP contribution in [0.25, 0.3) is 0 Å². The third-order valence-electron chi connectivity index (χ3n) is 1.64. The Balaban J connectivity index is 3.50. The van der Waals surface area contributed by atoms with Crippen LogP contribution in [0, 0.1) is 11.8 Å². The molecule has 0 spiro atoms. The van der Waals surface area contributed by atoms with Crippen LogP contribution in [-0.2, 0) is 0 Å². The zero-order chi connectivity index (χ0) is 11.6. The molecule has 1 unspecified atom stereocenters. The number of nitrogens with one attached hydrogen (secondary N) is 1. The largest absolute Gasteiger partial charge is 0.373 e. The van der Waals surface area contributed by atoms with Gasteiger partial charge >= 0.3 is 0 Å². The third kappa shape index (κ3) is 2.25. The van der Waals surface area contributed by atoms with Crippen LogP contribution in [-0.4, -0.2) is 16.4 Å². The molecule has 0 aliphatic carbocycles. The number of aliphatic hydroxyl groups is 1. The van der Waals surface area contributed by atoms with E-state index in [2.05, 4.69) is 17.8 Å². The van der Waals surface area contributed by atoms with E-state index in [1.165, 1.54) is 0 Å². The van der Waals surface area contributed by atoms with Gasteiger partial charge in [-0.05, 0) is 0 Å². The molecular formula is C7H5ClF2N2O2S. The molecule has 0 aliphatic rings. The Labute approximate surface area is 93.8 Å². The highest BCUT2D eigenvalue weighted by molar-refractivity contribution is 7.78. The molecule has 82 valence electrons. The van der Waals surface area contributed by atoms with Crippen molar-refractivity contribution in [1.82, 2.24) is 9.71 Å². The van der Waals surface area contributed by atoms with Gasteiger partial charge in [-0.1, -0.05) is 24.4 Å². The Morgan fingerprint density at radius 3 is 2.67 bits per heavy atom. The maximum Gasteiger partial charge on any atom is 0.250 e. The molecule has 0 bridgehead atoms. The number of aliphatic hydroxyl groups excluding tert-OH is 1. The van der Waals surface area contributed by atoms with E-state index in [9.17, 15) is 18.7 Å². The first-order valence-corrected chi connectivity index (χ1v) is 4.42. The normalized spacial score (nSPS) is 12.6. The van der Waals surface area contributed by atoms with E-state index >= 15 is 0 Å². The van der Waals surface area contributed by atoms with Gasteiger partial charge in [0.15, 0.2) is 12.1 Å². The summed E-state index contributed by atoms with van der Waals surface area (Å²) in [5.41, 5.74) is -1.05. The lowest BCUT2D eigenvalue weighted by Crippen LogP contribution is -2.17. The first-order valence-electron chi connectivity index (χ1n) is 3.60. The fraction of sp³-hybridized carbons (Fsp3) is 0.143. The number of aromatic nitrogens is 1. The number of hydrogen-bond acceptors (Lipinski definition) is 5. The number of rotatable bonds is 3. The molecule has 1 atom stereocenters. The molecule has 1 heterocycles. The molecule has 0 amide bonds. The summed E-state index contributed by atoms with van der Waals surface area (Å²) >= 11 is 8.86. The number of thiol groups is 1. The fourth-order valence-electron chi connectivity index (χ4n) is 0.980. The molecule has 0 fully saturated rings. The molecule has 1 aromatic heterocycles. The van der Waals surface area contributed by atoms with Crippen molar-refractivity contribution in [2.24, 2.45) is 0 Å². The first kappa shape index (κ1) is 12.3. The van der Waals surface area contributed by atoms with Crippen molar-refractivity contribution in [3.8, 4) is 0 Å². The van der Waals surface area contributed by atoms with Crippen LogP contribution in [0.15, 0.2) is 0 Å². The van der Waals surface area contributed by atoms with Gasteiger partial charge in [0.25, 0.3) is 5.95 Å². The first-order chi connectivity index (χ1) is 7.02. The maximum absolute atomic E-state index is 13.2. The monoisotopic (exact) mass is 254 g/mol. The van der Waals surface area contributed by atoms with Gasteiger partial charge in [-0.3, -0.25) is 4.79 Å².